The zero-order valence-corrected chi connectivity index (χ0v) is 18.2. The van der Waals surface area contributed by atoms with E-state index in [-0.39, 0.29) is 12.1 Å². The highest BCUT2D eigenvalue weighted by molar-refractivity contribution is 6.30. The highest BCUT2D eigenvalue weighted by Gasteiger charge is 2.33. The lowest BCUT2D eigenvalue weighted by Gasteiger charge is -2.23. The smallest absolute Gasteiger partial charge is 0.227 e. The molecule has 2 aliphatic rings. The second kappa shape index (κ2) is 7.90. The van der Waals surface area contributed by atoms with E-state index >= 15 is 0 Å². The molecule has 0 saturated carbocycles. The van der Waals surface area contributed by atoms with Crippen LogP contribution in [-0.2, 0) is 6.42 Å². The summed E-state index contributed by atoms with van der Waals surface area (Å²) >= 11 is 6.16. The van der Waals surface area contributed by atoms with Gasteiger partial charge in [-0.15, -0.1) is 0 Å². The molecule has 0 radical (unpaired) electrons. The molecule has 2 aromatic carbocycles. The third-order valence-corrected chi connectivity index (χ3v) is 6.04. The zero-order chi connectivity index (χ0) is 21.5. The van der Waals surface area contributed by atoms with Gasteiger partial charge in [0.15, 0.2) is 11.6 Å². The van der Waals surface area contributed by atoms with Crippen molar-refractivity contribution in [2.75, 3.05) is 27.5 Å². The fraction of sp³-hybridized carbons (Fsp3) is 0.304. The third-order valence-electron chi connectivity index (χ3n) is 5.81. The summed E-state index contributed by atoms with van der Waals surface area (Å²) in [6.45, 7) is 4.92. The van der Waals surface area contributed by atoms with Gasteiger partial charge in [0.25, 0.3) is 0 Å². The molecule has 1 aliphatic carbocycles. The third kappa shape index (κ3) is 3.75. The van der Waals surface area contributed by atoms with E-state index in [4.69, 9.17) is 21.6 Å². The van der Waals surface area contributed by atoms with Crippen LogP contribution in [-0.4, -0.2) is 33.8 Å². The van der Waals surface area contributed by atoms with E-state index in [1.807, 2.05) is 42.5 Å². The van der Waals surface area contributed by atoms with Crippen LogP contribution in [0.1, 0.15) is 31.1 Å². The topological polar surface area (TPSA) is 85.3 Å². The van der Waals surface area contributed by atoms with Crippen LogP contribution in [0.3, 0.4) is 0 Å². The maximum absolute atomic E-state index is 10.8. The Hall–Kier alpha value is -3.03. The summed E-state index contributed by atoms with van der Waals surface area (Å²) in [5.74, 6) is 1.99. The van der Waals surface area contributed by atoms with E-state index in [1.165, 1.54) is 0 Å². The predicted molar refractivity (Wildman–Crippen MR) is 125 cm³/mol. The Morgan fingerprint density at radius 3 is 2.77 bits per heavy atom. The molecule has 1 aromatic heterocycles. The van der Waals surface area contributed by atoms with Gasteiger partial charge >= 0.3 is 0 Å². The van der Waals surface area contributed by atoms with Crippen molar-refractivity contribution in [1.29, 1.82) is 0 Å². The number of rotatable bonds is 5. The van der Waals surface area contributed by atoms with Gasteiger partial charge in [0, 0.05) is 16.8 Å². The molecule has 160 valence electrons. The van der Waals surface area contributed by atoms with Crippen LogP contribution in [0, 0.1) is 0 Å². The highest BCUT2D eigenvalue weighted by Crippen LogP contribution is 2.39. The number of aliphatic hydroxyl groups excluding tert-OH is 1. The fourth-order valence-electron chi connectivity index (χ4n) is 4.21. The molecule has 2 atom stereocenters. The minimum atomic E-state index is -0.600. The number of hydrogen-bond acceptors (Lipinski definition) is 7. The number of benzene rings is 2. The Balaban J connectivity index is 1.49. The summed E-state index contributed by atoms with van der Waals surface area (Å²) in [5.41, 5.74) is 3.81. The van der Waals surface area contributed by atoms with Gasteiger partial charge in [-0.2, -0.15) is 9.97 Å². The van der Waals surface area contributed by atoms with Crippen molar-refractivity contribution in [3.05, 3.63) is 64.7 Å². The van der Waals surface area contributed by atoms with Crippen LogP contribution in [0.4, 0.5) is 29.0 Å². The van der Waals surface area contributed by atoms with Gasteiger partial charge in [-0.1, -0.05) is 41.9 Å². The summed E-state index contributed by atoms with van der Waals surface area (Å²) < 4.78 is 0. The standard InChI is InChI=1S/C23H25ClN6O/c1-13(2)30-12-25-19-21(26-16-8-5-7-15(24)11-16)28-23(29-22(19)30)27-18-10-14-6-3-4-9-17(14)20(18)31/h3-9,11,13,18,20,25,31H,10,12H2,1-2H3,(H2,26,27,28,29)/t18-,20+/m0/s1. The number of aliphatic hydroxyl groups is 1. The molecular formula is C23H25ClN6O. The van der Waals surface area contributed by atoms with Gasteiger partial charge in [0.05, 0.1) is 18.8 Å². The lowest BCUT2D eigenvalue weighted by molar-refractivity contribution is 0.166. The number of nitrogens with one attached hydrogen (secondary N) is 3. The lowest BCUT2D eigenvalue weighted by atomic mass is 10.1. The molecule has 4 N–H and O–H groups in total. The van der Waals surface area contributed by atoms with E-state index in [0.29, 0.717) is 23.5 Å². The second-order valence-electron chi connectivity index (χ2n) is 8.23. The molecule has 0 fully saturated rings. The summed E-state index contributed by atoms with van der Waals surface area (Å²) in [6.07, 6.45) is 0.123. The summed E-state index contributed by atoms with van der Waals surface area (Å²) in [5, 5.41) is 21.6. The van der Waals surface area contributed by atoms with E-state index in [1.54, 1.807) is 0 Å². The molecule has 3 aromatic rings. The molecule has 7 nitrogen and oxygen atoms in total. The number of halogens is 1. The molecule has 0 spiro atoms. The van der Waals surface area contributed by atoms with Crippen molar-refractivity contribution < 1.29 is 5.11 Å². The van der Waals surface area contributed by atoms with Crippen LogP contribution < -0.4 is 20.9 Å². The fourth-order valence-corrected chi connectivity index (χ4v) is 4.40. The number of fused-ring (bicyclic) bond motifs is 2. The SMILES string of the molecule is CC(C)N1CNc2c(Nc3cccc(Cl)c3)nc(N[C@H]3Cc4ccccc4[C@H]3O)nc21. The maximum atomic E-state index is 10.8. The number of aromatic nitrogens is 2. The average molecular weight is 437 g/mol. The van der Waals surface area contributed by atoms with Crippen molar-refractivity contribution in [3.63, 3.8) is 0 Å². The van der Waals surface area contributed by atoms with Crippen LogP contribution in [0.15, 0.2) is 48.5 Å². The van der Waals surface area contributed by atoms with Crippen molar-refractivity contribution in [3.8, 4) is 0 Å². The van der Waals surface area contributed by atoms with Crippen molar-refractivity contribution in [2.45, 2.75) is 38.5 Å². The normalized spacial score (nSPS) is 19.2. The summed E-state index contributed by atoms with van der Waals surface area (Å²) in [7, 11) is 0. The van der Waals surface area contributed by atoms with Gasteiger partial charge in [-0.3, -0.25) is 0 Å². The van der Waals surface area contributed by atoms with Gasteiger partial charge in [0.1, 0.15) is 5.69 Å². The zero-order valence-electron chi connectivity index (χ0n) is 17.4. The number of anilines is 5. The first-order valence-electron chi connectivity index (χ1n) is 10.5. The first-order chi connectivity index (χ1) is 15.0. The predicted octanol–water partition coefficient (Wildman–Crippen LogP) is 4.54. The Bertz CT molecular complexity index is 1120. The largest absolute Gasteiger partial charge is 0.386 e. The molecule has 1 aliphatic heterocycles. The Labute approximate surface area is 186 Å². The quantitative estimate of drug-likeness (QED) is 0.467. The molecule has 5 rings (SSSR count). The van der Waals surface area contributed by atoms with Crippen molar-refractivity contribution in [1.82, 2.24) is 9.97 Å². The Kier molecular flexibility index (Phi) is 5.08. The van der Waals surface area contributed by atoms with Crippen LogP contribution in [0.2, 0.25) is 5.02 Å². The second-order valence-corrected chi connectivity index (χ2v) is 8.66. The first kappa shape index (κ1) is 19.9. The molecule has 0 bridgehead atoms. The minimum absolute atomic E-state index is 0.184. The molecular weight excluding hydrogens is 412 g/mol. The van der Waals surface area contributed by atoms with Crippen LogP contribution in [0.5, 0.6) is 0 Å². The average Bonchev–Trinajstić information content (AvgIpc) is 3.30. The molecule has 0 amide bonds. The number of hydrogen-bond donors (Lipinski definition) is 4. The van der Waals surface area contributed by atoms with E-state index in [2.05, 4.69) is 40.8 Å². The Morgan fingerprint density at radius 1 is 1.16 bits per heavy atom. The van der Waals surface area contributed by atoms with Crippen molar-refractivity contribution >= 4 is 40.6 Å². The minimum Gasteiger partial charge on any atom is -0.386 e. The molecule has 31 heavy (non-hydrogen) atoms. The van der Waals surface area contributed by atoms with E-state index in [9.17, 15) is 5.11 Å². The molecule has 2 heterocycles. The van der Waals surface area contributed by atoms with Gasteiger partial charge in [-0.05, 0) is 49.6 Å². The maximum Gasteiger partial charge on any atom is 0.227 e. The van der Waals surface area contributed by atoms with Crippen LogP contribution in [0.25, 0.3) is 0 Å². The van der Waals surface area contributed by atoms with Crippen molar-refractivity contribution in [2.24, 2.45) is 0 Å². The van der Waals surface area contributed by atoms with Crippen LogP contribution >= 0.6 is 11.6 Å². The molecule has 0 unspecified atom stereocenters. The molecule has 0 saturated heterocycles. The molecule has 8 heteroatoms. The van der Waals surface area contributed by atoms with E-state index < -0.39 is 6.10 Å². The van der Waals surface area contributed by atoms with Gasteiger partial charge in [-0.25, -0.2) is 0 Å². The monoisotopic (exact) mass is 436 g/mol. The van der Waals surface area contributed by atoms with Gasteiger partial charge < -0.3 is 26.0 Å². The lowest BCUT2D eigenvalue weighted by Crippen LogP contribution is -2.31. The first-order valence-corrected chi connectivity index (χ1v) is 10.8. The highest BCUT2D eigenvalue weighted by atomic mass is 35.5. The number of nitrogens with zero attached hydrogens (tertiary/aromatic N) is 3. The van der Waals surface area contributed by atoms with Gasteiger partial charge in [0.2, 0.25) is 5.95 Å². The summed E-state index contributed by atoms with van der Waals surface area (Å²) in [6, 6.07) is 15.6. The van der Waals surface area contributed by atoms with E-state index in [0.717, 1.165) is 34.7 Å². The summed E-state index contributed by atoms with van der Waals surface area (Å²) in [4.78, 5) is 11.7. The Morgan fingerprint density at radius 2 is 2.00 bits per heavy atom.